The van der Waals surface area contributed by atoms with E-state index in [1.54, 1.807) is 24.3 Å². The molecule has 3 N–H and O–H groups in total. The quantitative estimate of drug-likeness (QED) is 0.632. The van der Waals surface area contributed by atoms with Crippen LogP contribution in [0.5, 0.6) is 0 Å². The summed E-state index contributed by atoms with van der Waals surface area (Å²) in [5.74, 6) is -0.418. The first-order valence-electron chi connectivity index (χ1n) is 6.78. The Bertz CT molecular complexity index is 441. The van der Waals surface area contributed by atoms with Gasteiger partial charge in [0.1, 0.15) is 0 Å². The second-order valence-electron chi connectivity index (χ2n) is 5.13. The zero-order chi connectivity index (χ0) is 15.0. The van der Waals surface area contributed by atoms with Crippen LogP contribution in [-0.4, -0.2) is 30.1 Å². The van der Waals surface area contributed by atoms with E-state index in [2.05, 4.69) is 24.5 Å². The molecular formula is C15H22N2O3. The lowest BCUT2D eigenvalue weighted by molar-refractivity contribution is -0.121. The molecule has 5 nitrogen and oxygen atoms in total. The second kappa shape index (κ2) is 8.32. The molecule has 0 fully saturated rings. The van der Waals surface area contributed by atoms with Crippen molar-refractivity contribution in [3.05, 3.63) is 35.4 Å². The van der Waals surface area contributed by atoms with Crippen molar-refractivity contribution in [2.75, 3.05) is 13.1 Å². The highest BCUT2D eigenvalue weighted by Crippen LogP contribution is 2.04. The summed E-state index contributed by atoms with van der Waals surface area (Å²) in [6, 6.07) is 6.70. The SMILES string of the molecule is CC(C)CNC(=O)CCNCc1ccc(C(=O)O)cc1. The highest BCUT2D eigenvalue weighted by Gasteiger charge is 2.03. The van der Waals surface area contributed by atoms with Gasteiger partial charge in [-0.25, -0.2) is 4.79 Å². The molecule has 0 radical (unpaired) electrons. The minimum atomic E-state index is -0.925. The lowest BCUT2D eigenvalue weighted by atomic mass is 10.1. The van der Waals surface area contributed by atoms with Crippen LogP contribution in [0.1, 0.15) is 36.2 Å². The Morgan fingerprint density at radius 3 is 2.40 bits per heavy atom. The van der Waals surface area contributed by atoms with Gasteiger partial charge in [-0.1, -0.05) is 26.0 Å². The molecule has 0 unspecified atom stereocenters. The molecule has 1 aromatic carbocycles. The number of hydrogen-bond acceptors (Lipinski definition) is 3. The summed E-state index contributed by atoms with van der Waals surface area (Å²) in [6.45, 7) is 6.04. The maximum absolute atomic E-state index is 11.5. The van der Waals surface area contributed by atoms with E-state index in [9.17, 15) is 9.59 Å². The lowest BCUT2D eigenvalue weighted by Gasteiger charge is -2.08. The first-order valence-corrected chi connectivity index (χ1v) is 6.78. The van der Waals surface area contributed by atoms with Gasteiger partial charge in [0.15, 0.2) is 0 Å². The van der Waals surface area contributed by atoms with Crippen molar-refractivity contribution in [3.8, 4) is 0 Å². The fourth-order valence-electron chi connectivity index (χ4n) is 1.61. The maximum atomic E-state index is 11.5. The Hall–Kier alpha value is -1.88. The first-order chi connectivity index (χ1) is 9.49. The van der Waals surface area contributed by atoms with Gasteiger partial charge < -0.3 is 15.7 Å². The second-order valence-corrected chi connectivity index (χ2v) is 5.13. The molecule has 0 aromatic heterocycles. The van der Waals surface area contributed by atoms with Gasteiger partial charge in [-0.3, -0.25) is 4.79 Å². The van der Waals surface area contributed by atoms with Crippen molar-refractivity contribution in [3.63, 3.8) is 0 Å². The number of amides is 1. The molecule has 0 aliphatic rings. The molecule has 0 saturated heterocycles. The number of carboxylic acids is 1. The van der Waals surface area contributed by atoms with Gasteiger partial charge in [0, 0.05) is 26.1 Å². The molecule has 0 spiro atoms. The smallest absolute Gasteiger partial charge is 0.335 e. The van der Waals surface area contributed by atoms with Crippen LogP contribution < -0.4 is 10.6 Å². The van der Waals surface area contributed by atoms with Gasteiger partial charge in [0.05, 0.1) is 5.56 Å². The van der Waals surface area contributed by atoms with Gasteiger partial charge in [0.25, 0.3) is 0 Å². The van der Waals surface area contributed by atoms with E-state index < -0.39 is 5.97 Å². The highest BCUT2D eigenvalue weighted by atomic mass is 16.4. The predicted octanol–water partition coefficient (Wildman–Crippen LogP) is 1.64. The Labute approximate surface area is 119 Å². The standard InChI is InChI=1S/C15H22N2O3/c1-11(2)9-17-14(18)7-8-16-10-12-3-5-13(6-4-12)15(19)20/h3-6,11,16H,7-10H2,1-2H3,(H,17,18)(H,19,20). The molecule has 0 heterocycles. The van der Waals surface area contributed by atoms with E-state index in [0.29, 0.717) is 32.0 Å². The molecule has 20 heavy (non-hydrogen) atoms. The van der Waals surface area contributed by atoms with Gasteiger partial charge in [-0.15, -0.1) is 0 Å². The summed E-state index contributed by atoms with van der Waals surface area (Å²) in [6.07, 6.45) is 0.444. The Balaban J connectivity index is 2.21. The van der Waals surface area contributed by atoms with Gasteiger partial charge in [-0.2, -0.15) is 0 Å². The summed E-state index contributed by atoms with van der Waals surface area (Å²) in [5, 5.41) is 14.8. The average molecular weight is 278 g/mol. The average Bonchev–Trinajstić information content (AvgIpc) is 2.42. The molecule has 1 rings (SSSR count). The third-order valence-electron chi connectivity index (χ3n) is 2.77. The van der Waals surface area contributed by atoms with E-state index in [-0.39, 0.29) is 11.5 Å². The van der Waals surface area contributed by atoms with Crippen molar-refractivity contribution in [2.45, 2.75) is 26.8 Å². The van der Waals surface area contributed by atoms with Gasteiger partial charge in [-0.05, 0) is 23.6 Å². The van der Waals surface area contributed by atoms with Gasteiger partial charge >= 0.3 is 5.97 Å². The third-order valence-corrected chi connectivity index (χ3v) is 2.77. The van der Waals surface area contributed by atoms with Crippen LogP contribution in [0.4, 0.5) is 0 Å². The number of carbonyl (C=O) groups excluding carboxylic acids is 1. The van der Waals surface area contributed by atoms with E-state index in [1.165, 1.54) is 0 Å². The molecule has 110 valence electrons. The monoisotopic (exact) mass is 278 g/mol. The molecule has 0 saturated carbocycles. The molecule has 1 amide bonds. The summed E-state index contributed by atoms with van der Waals surface area (Å²) in [7, 11) is 0. The van der Waals surface area contributed by atoms with Crippen molar-refractivity contribution in [2.24, 2.45) is 5.92 Å². The highest BCUT2D eigenvalue weighted by molar-refractivity contribution is 5.87. The number of carboxylic acid groups (broad SMARTS) is 1. The lowest BCUT2D eigenvalue weighted by Crippen LogP contribution is -2.30. The van der Waals surface area contributed by atoms with Crippen molar-refractivity contribution < 1.29 is 14.7 Å². The molecule has 0 aliphatic carbocycles. The van der Waals surface area contributed by atoms with Crippen LogP contribution in [0, 0.1) is 5.92 Å². The minimum absolute atomic E-state index is 0.0485. The number of rotatable bonds is 8. The first kappa shape index (κ1) is 16.2. The molecule has 0 atom stereocenters. The van der Waals surface area contributed by atoms with Crippen LogP contribution in [0.25, 0.3) is 0 Å². The Morgan fingerprint density at radius 1 is 1.20 bits per heavy atom. The molecule has 0 aliphatic heterocycles. The fourth-order valence-corrected chi connectivity index (χ4v) is 1.61. The van der Waals surface area contributed by atoms with Crippen LogP contribution in [0.3, 0.4) is 0 Å². The van der Waals surface area contributed by atoms with Crippen LogP contribution >= 0.6 is 0 Å². The summed E-state index contributed by atoms with van der Waals surface area (Å²) < 4.78 is 0. The number of carbonyl (C=O) groups is 2. The minimum Gasteiger partial charge on any atom is -0.478 e. The normalized spacial score (nSPS) is 10.6. The van der Waals surface area contributed by atoms with E-state index in [1.807, 2.05) is 0 Å². The summed E-state index contributed by atoms with van der Waals surface area (Å²) in [4.78, 5) is 22.2. The predicted molar refractivity (Wildman–Crippen MR) is 77.6 cm³/mol. The van der Waals surface area contributed by atoms with Crippen LogP contribution in [0.15, 0.2) is 24.3 Å². The Kier molecular flexibility index (Phi) is 6.73. The molecule has 5 heteroatoms. The fraction of sp³-hybridized carbons (Fsp3) is 0.467. The number of nitrogens with one attached hydrogen (secondary N) is 2. The van der Waals surface area contributed by atoms with E-state index in [0.717, 1.165) is 5.56 Å². The van der Waals surface area contributed by atoms with Crippen molar-refractivity contribution in [1.82, 2.24) is 10.6 Å². The van der Waals surface area contributed by atoms with Crippen LogP contribution in [-0.2, 0) is 11.3 Å². The topological polar surface area (TPSA) is 78.4 Å². The van der Waals surface area contributed by atoms with Gasteiger partial charge in [0.2, 0.25) is 5.91 Å². The Morgan fingerprint density at radius 2 is 1.85 bits per heavy atom. The van der Waals surface area contributed by atoms with Crippen molar-refractivity contribution in [1.29, 1.82) is 0 Å². The van der Waals surface area contributed by atoms with Crippen molar-refractivity contribution >= 4 is 11.9 Å². The zero-order valence-corrected chi connectivity index (χ0v) is 12.0. The molecular weight excluding hydrogens is 256 g/mol. The largest absolute Gasteiger partial charge is 0.478 e. The summed E-state index contributed by atoms with van der Waals surface area (Å²) >= 11 is 0. The van der Waals surface area contributed by atoms with Crippen LogP contribution in [0.2, 0.25) is 0 Å². The number of hydrogen-bond donors (Lipinski definition) is 3. The number of benzene rings is 1. The summed E-state index contributed by atoms with van der Waals surface area (Å²) in [5.41, 5.74) is 1.28. The molecule has 1 aromatic rings. The molecule has 0 bridgehead atoms. The third kappa shape index (κ3) is 6.33. The van der Waals surface area contributed by atoms with E-state index in [4.69, 9.17) is 5.11 Å². The number of aromatic carboxylic acids is 1. The maximum Gasteiger partial charge on any atom is 0.335 e. The zero-order valence-electron chi connectivity index (χ0n) is 12.0. The van der Waals surface area contributed by atoms with E-state index >= 15 is 0 Å².